The summed E-state index contributed by atoms with van der Waals surface area (Å²) in [6.07, 6.45) is 1.51. The Bertz CT molecular complexity index is 621. The molecule has 0 aromatic heterocycles. The Morgan fingerprint density at radius 1 is 1.26 bits per heavy atom. The van der Waals surface area contributed by atoms with Gasteiger partial charge in [-0.15, -0.1) is 0 Å². The molecule has 0 saturated carbocycles. The van der Waals surface area contributed by atoms with Crippen LogP contribution in [0.25, 0.3) is 6.08 Å². The number of methoxy groups -OCH3 is 1. The number of ether oxygens (including phenoxy) is 3. The van der Waals surface area contributed by atoms with Crippen molar-refractivity contribution in [3.8, 4) is 23.6 Å². The molecule has 0 unspecified atom stereocenters. The van der Waals surface area contributed by atoms with Crippen molar-refractivity contribution in [3.05, 3.63) is 29.3 Å². The molecule has 1 fully saturated rings. The van der Waals surface area contributed by atoms with E-state index in [9.17, 15) is 0 Å². The molecule has 1 saturated heterocycles. The molecule has 1 aromatic carbocycles. The third kappa shape index (κ3) is 5.00. The fourth-order valence-corrected chi connectivity index (χ4v) is 2.26. The van der Waals surface area contributed by atoms with Crippen LogP contribution in [0.1, 0.15) is 5.56 Å². The molecule has 1 aliphatic rings. The molecule has 0 spiro atoms. The van der Waals surface area contributed by atoms with E-state index < -0.39 is 0 Å². The second kappa shape index (κ2) is 8.79. The van der Waals surface area contributed by atoms with Gasteiger partial charge < -0.3 is 14.2 Å². The Labute approximate surface area is 136 Å². The lowest BCUT2D eigenvalue weighted by atomic mass is 10.1. The molecule has 0 radical (unpaired) electrons. The third-order valence-electron chi connectivity index (χ3n) is 3.51. The molecule has 6 nitrogen and oxygen atoms in total. The monoisotopic (exact) mass is 313 g/mol. The van der Waals surface area contributed by atoms with Gasteiger partial charge in [-0.05, 0) is 23.8 Å². The summed E-state index contributed by atoms with van der Waals surface area (Å²) in [5.74, 6) is 1.23. The van der Waals surface area contributed by atoms with E-state index in [1.54, 1.807) is 25.3 Å². The molecular weight excluding hydrogens is 294 g/mol. The summed E-state index contributed by atoms with van der Waals surface area (Å²) >= 11 is 0. The lowest BCUT2D eigenvalue weighted by Crippen LogP contribution is -2.38. The molecule has 6 heteroatoms. The van der Waals surface area contributed by atoms with Crippen LogP contribution in [0.5, 0.6) is 11.5 Å². The van der Waals surface area contributed by atoms with Gasteiger partial charge in [-0.25, -0.2) is 0 Å². The molecular formula is C17H19N3O3. The van der Waals surface area contributed by atoms with Crippen LogP contribution < -0.4 is 9.47 Å². The number of benzene rings is 1. The Morgan fingerprint density at radius 3 is 2.65 bits per heavy atom. The normalized spacial score (nSPS) is 14.4. The zero-order valence-corrected chi connectivity index (χ0v) is 13.1. The van der Waals surface area contributed by atoms with Crippen molar-refractivity contribution in [1.82, 2.24) is 4.90 Å². The Morgan fingerprint density at radius 2 is 2.00 bits per heavy atom. The highest BCUT2D eigenvalue weighted by atomic mass is 16.5. The molecule has 2 rings (SSSR count). The maximum atomic E-state index is 8.80. The van der Waals surface area contributed by atoms with E-state index in [1.807, 2.05) is 12.1 Å². The third-order valence-corrected chi connectivity index (χ3v) is 3.51. The molecule has 0 atom stereocenters. The van der Waals surface area contributed by atoms with Crippen LogP contribution in [0.4, 0.5) is 0 Å². The van der Waals surface area contributed by atoms with Crippen molar-refractivity contribution >= 4 is 6.08 Å². The van der Waals surface area contributed by atoms with E-state index in [4.69, 9.17) is 24.7 Å². The molecule has 1 heterocycles. The maximum Gasteiger partial charge on any atom is 0.161 e. The summed E-state index contributed by atoms with van der Waals surface area (Å²) in [6.45, 7) is 4.79. The minimum Gasteiger partial charge on any atom is -0.493 e. The molecule has 0 aliphatic carbocycles. The molecule has 0 bridgehead atoms. The number of rotatable bonds is 6. The summed E-state index contributed by atoms with van der Waals surface area (Å²) in [4.78, 5) is 2.29. The first-order chi connectivity index (χ1) is 11.3. The van der Waals surface area contributed by atoms with Gasteiger partial charge in [0.25, 0.3) is 0 Å². The van der Waals surface area contributed by atoms with Gasteiger partial charge in [0, 0.05) is 19.6 Å². The fraction of sp³-hybridized carbons (Fsp3) is 0.412. The van der Waals surface area contributed by atoms with E-state index in [0.29, 0.717) is 18.1 Å². The van der Waals surface area contributed by atoms with Crippen LogP contribution in [-0.4, -0.2) is 51.5 Å². The smallest absolute Gasteiger partial charge is 0.161 e. The molecule has 1 aliphatic heterocycles. The van der Waals surface area contributed by atoms with Crippen molar-refractivity contribution in [1.29, 1.82) is 10.5 Å². The van der Waals surface area contributed by atoms with Gasteiger partial charge in [0.1, 0.15) is 24.3 Å². The van der Waals surface area contributed by atoms with Crippen LogP contribution in [0.3, 0.4) is 0 Å². The second-order valence-electron chi connectivity index (χ2n) is 4.99. The summed E-state index contributed by atoms with van der Waals surface area (Å²) in [5, 5.41) is 17.6. The first kappa shape index (κ1) is 16.8. The number of morpholine rings is 1. The largest absolute Gasteiger partial charge is 0.493 e. The zero-order valence-electron chi connectivity index (χ0n) is 13.1. The molecule has 120 valence electrons. The highest BCUT2D eigenvalue weighted by Gasteiger charge is 2.11. The Hall–Kier alpha value is -2.54. The van der Waals surface area contributed by atoms with E-state index in [-0.39, 0.29) is 5.57 Å². The van der Waals surface area contributed by atoms with Gasteiger partial charge in [-0.2, -0.15) is 10.5 Å². The van der Waals surface area contributed by atoms with Gasteiger partial charge >= 0.3 is 0 Å². The van der Waals surface area contributed by atoms with Gasteiger partial charge in [0.15, 0.2) is 11.5 Å². The van der Waals surface area contributed by atoms with Crippen LogP contribution in [-0.2, 0) is 4.74 Å². The Kier molecular flexibility index (Phi) is 6.43. The zero-order chi connectivity index (χ0) is 16.5. The maximum absolute atomic E-state index is 8.80. The SMILES string of the molecule is COc1cc(C=C(C#N)C#N)ccc1OCCN1CCOCC1. The molecule has 0 amide bonds. The van der Waals surface area contributed by atoms with Crippen LogP contribution >= 0.6 is 0 Å². The average Bonchev–Trinajstić information content (AvgIpc) is 2.61. The number of hydrogen-bond acceptors (Lipinski definition) is 6. The molecule has 1 aromatic rings. The fourth-order valence-electron chi connectivity index (χ4n) is 2.26. The van der Waals surface area contributed by atoms with E-state index in [1.165, 1.54) is 6.08 Å². The summed E-state index contributed by atoms with van der Waals surface area (Å²) in [5.41, 5.74) is 0.772. The van der Waals surface area contributed by atoms with Crippen LogP contribution in [0.2, 0.25) is 0 Å². The summed E-state index contributed by atoms with van der Waals surface area (Å²) < 4.78 is 16.4. The van der Waals surface area contributed by atoms with Crippen molar-refractivity contribution in [3.63, 3.8) is 0 Å². The second-order valence-corrected chi connectivity index (χ2v) is 4.99. The predicted octanol–water partition coefficient (Wildman–Crippen LogP) is 1.84. The molecule has 0 N–H and O–H groups in total. The number of nitriles is 2. The quantitative estimate of drug-likeness (QED) is 0.746. The topological polar surface area (TPSA) is 78.5 Å². The number of nitrogens with zero attached hydrogens (tertiary/aromatic N) is 3. The standard InChI is InChI=1S/C17H19N3O3/c1-21-17-11-14(10-15(12-18)13-19)2-3-16(17)23-9-6-20-4-7-22-8-5-20/h2-3,10-11H,4-9H2,1H3. The predicted molar refractivity (Wildman–Crippen MR) is 85.0 cm³/mol. The van der Waals surface area contributed by atoms with Gasteiger partial charge in [-0.3, -0.25) is 4.90 Å². The summed E-state index contributed by atoms with van der Waals surface area (Å²) in [6, 6.07) is 9.00. The number of allylic oxidation sites excluding steroid dienone is 1. The van der Waals surface area contributed by atoms with Gasteiger partial charge in [0.2, 0.25) is 0 Å². The average molecular weight is 313 g/mol. The van der Waals surface area contributed by atoms with Crippen molar-refractivity contribution in [2.45, 2.75) is 0 Å². The first-order valence-electron chi connectivity index (χ1n) is 7.39. The van der Waals surface area contributed by atoms with E-state index >= 15 is 0 Å². The lowest BCUT2D eigenvalue weighted by molar-refractivity contribution is 0.0321. The lowest BCUT2D eigenvalue weighted by Gasteiger charge is -2.26. The van der Waals surface area contributed by atoms with Crippen molar-refractivity contribution in [2.24, 2.45) is 0 Å². The van der Waals surface area contributed by atoms with Crippen LogP contribution in [0, 0.1) is 22.7 Å². The van der Waals surface area contributed by atoms with Crippen molar-refractivity contribution < 1.29 is 14.2 Å². The number of hydrogen-bond donors (Lipinski definition) is 0. The van der Waals surface area contributed by atoms with E-state index in [0.717, 1.165) is 38.4 Å². The minimum absolute atomic E-state index is 0.0491. The van der Waals surface area contributed by atoms with Gasteiger partial charge in [0.05, 0.1) is 20.3 Å². The Balaban J connectivity index is 1.98. The minimum atomic E-state index is 0.0491. The highest BCUT2D eigenvalue weighted by molar-refractivity contribution is 5.64. The van der Waals surface area contributed by atoms with Crippen molar-refractivity contribution in [2.75, 3.05) is 46.6 Å². The van der Waals surface area contributed by atoms with Crippen LogP contribution in [0.15, 0.2) is 23.8 Å². The van der Waals surface area contributed by atoms with Gasteiger partial charge in [-0.1, -0.05) is 6.07 Å². The van der Waals surface area contributed by atoms with E-state index in [2.05, 4.69) is 4.90 Å². The first-order valence-corrected chi connectivity index (χ1v) is 7.39. The summed E-state index contributed by atoms with van der Waals surface area (Å²) in [7, 11) is 1.56. The molecule has 23 heavy (non-hydrogen) atoms. The highest BCUT2D eigenvalue weighted by Crippen LogP contribution is 2.28.